The number of hydrogen-bond acceptors (Lipinski definition) is 1. The minimum absolute atomic E-state index is 0.299. The maximum absolute atomic E-state index is 13.4. The van der Waals surface area contributed by atoms with Crippen LogP contribution in [-0.2, 0) is 12.4 Å². The van der Waals surface area contributed by atoms with Crippen LogP contribution in [0.4, 0.5) is 39.5 Å². The molecule has 0 saturated heterocycles. The van der Waals surface area contributed by atoms with Crippen molar-refractivity contribution in [2.24, 2.45) is 5.73 Å². The molecule has 1 aromatic carbocycles. The molecule has 2 N–H and O–H groups in total. The summed E-state index contributed by atoms with van der Waals surface area (Å²) in [6, 6.07) is -3.43. The van der Waals surface area contributed by atoms with Crippen molar-refractivity contribution in [3.8, 4) is 0 Å². The molecule has 0 saturated carbocycles. The van der Waals surface area contributed by atoms with Gasteiger partial charge in [-0.05, 0) is 12.1 Å². The topological polar surface area (TPSA) is 26.0 Å². The highest BCUT2D eigenvalue weighted by molar-refractivity contribution is 5.39. The Balaban J connectivity index is 3.60. The van der Waals surface area contributed by atoms with Crippen LogP contribution in [0.1, 0.15) is 22.7 Å². The monoisotopic (exact) mass is 311 g/mol. The number of benzene rings is 1. The van der Waals surface area contributed by atoms with Crippen LogP contribution in [0.5, 0.6) is 0 Å². The average Bonchev–Trinajstić information content (AvgIpc) is 2.24. The fourth-order valence-electron chi connectivity index (χ4n) is 1.48. The van der Waals surface area contributed by atoms with Crippen LogP contribution in [-0.4, -0.2) is 6.43 Å². The lowest BCUT2D eigenvalue weighted by atomic mass is 9.97. The van der Waals surface area contributed by atoms with E-state index in [1.807, 2.05) is 0 Å². The van der Waals surface area contributed by atoms with E-state index in [2.05, 4.69) is 0 Å². The third kappa shape index (κ3) is 3.35. The number of hydrogen-bond donors (Lipinski definition) is 1. The maximum atomic E-state index is 13.4. The van der Waals surface area contributed by atoms with Crippen molar-refractivity contribution in [1.29, 1.82) is 0 Å². The van der Waals surface area contributed by atoms with E-state index in [1.54, 1.807) is 0 Å². The first-order chi connectivity index (χ1) is 8.85. The zero-order valence-corrected chi connectivity index (χ0v) is 9.29. The number of alkyl halides is 8. The van der Waals surface area contributed by atoms with Gasteiger partial charge in [0.1, 0.15) is 5.82 Å². The average molecular weight is 311 g/mol. The highest BCUT2D eigenvalue weighted by Gasteiger charge is 2.42. The summed E-state index contributed by atoms with van der Waals surface area (Å²) in [6.45, 7) is 0. The van der Waals surface area contributed by atoms with Gasteiger partial charge in [0.15, 0.2) is 0 Å². The van der Waals surface area contributed by atoms with Gasteiger partial charge in [0, 0.05) is 5.56 Å². The first-order valence-corrected chi connectivity index (χ1v) is 4.87. The van der Waals surface area contributed by atoms with Crippen molar-refractivity contribution in [2.45, 2.75) is 24.8 Å². The Morgan fingerprint density at radius 3 is 1.75 bits per heavy atom. The second-order valence-electron chi connectivity index (χ2n) is 3.78. The smallest absolute Gasteiger partial charge is 0.319 e. The minimum Gasteiger partial charge on any atom is -0.319 e. The van der Waals surface area contributed by atoms with Gasteiger partial charge in [0.25, 0.3) is 6.43 Å². The van der Waals surface area contributed by atoms with Gasteiger partial charge >= 0.3 is 12.4 Å². The molecule has 20 heavy (non-hydrogen) atoms. The Hall–Kier alpha value is -1.45. The molecule has 0 spiro atoms. The molecule has 0 unspecified atom stereocenters. The largest absolute Gasteiger partial charge is 0.416 e. The van der Waals surface area contributed by atoms with Gasteiger partial charge in [-0.2, -0.15) is 26.3 Å². The number of nitrogens with two attached hydrogens (primary N) is 1. The Morgan fingerprint density at radius 1 is 0.900 bits per heavy atom. The van der Waals surface area contributed by atoms with E-state index in [-0.39, 0.29) is 6.07 Å². The van der Waals surface area contributed by atoms with E-state index in [0.29, 0.717) is 0 Å². The van der Waals surface area contributed by atoms with Gasteiger partial charge in [-0.3, -0.25) is 0 Å². The molecule has 0 aliphatic heterocycles. The second-order valence-corrected chi connectivity index (χ2v) is 3.78. The molecule has 0 aliphatic carbocycles. The molecule has 10 heteroatoms. The van der Waals surface area contributed by atoms with Gasteiger partial charge in [0.2, 0.25) is 0 Å². The van der Waals surface area contributed by atoms with Crippen molar-refractivity contribution in [3.05, 3.63) is 34.6 Å². The standard InChI is InChI=1S/C10H6F9N/c11-5-2-3(9(14,15)16)1-4(10(17,18)19)6(5)7(20)8(12)13/h1-2,7-8H,20H2/t7-/m0/s1. The van der Waals surface area contributed by atoms with Crippen molar-refractivity contribution >= 4 is 0 Å². The molecule has 1 aromatic rings. The predicted molar refractivity (Wildman–Crippen MR) is 49.3 cm³/mol. The maximum Gasteiger partial charge on any atom is 0.416 e. The van der Waals surface area contributed by atoms with Gasteiger partial charge in [-0.25, -0.2) is 13.2 Å². The lowest BCUT2D eigenvalue weighted by molar-refractivity contribution is -0.144. The molecule has 1 rings (SSSR count). The summed E-state index contributed by atoms with van der Waals surface area (Å²) in [5.74, 6) is -2.08. The SMILES string of the molecule is N[C@@H](c1c(F)cc(C(F)(F)F)cc1C(F)(F)F)C(F)F. The fourth-order valence-corrected chi connectivity index (χ4v) is 1.48. The Kier molecular flexibility index (Phi) is 4.28. The Bertz CT molecular complexity index is 489. The first kappa shape index (κ1) is 16.6. The molecule has 0 bridgehead atoms. The second kappa shape index (κ2) is 5.15. The minimum atomic E-state index is -5.45. The van der Waals surface area contributed by atoms with E-state index in [9.17, 15) is 39.5 Å². The quantitative estimate of drug-likeness (QED) is 0.817. The summed E-state index contributed by atoms with van der Waals surface area (Å²) >= 11 is 0. The zero-order valence-electron chi connectivity index (χ0n) is 9.29. The van der Waals surface area contributed by atoms with Crippen LogP contribution < -0.4 is 5.73 Å². The van der Waals surface area contributed by atoms with Gasteiger partial charge < -0.3 is 5.73 Å². The van der Waals surface area contributed by atoms with E-state index in [4.69, 9.17) is 5.73 Å². The van der Waals surface area contributed by atoms with Crippen LogP contribution in [0, 0.1) is 5.82 Å². The molecule has 0 fully saturated rings. The van der Waals surface area contributed by atoms with E-state index < -0.39 is 53.4 Å². The van der Waals surface area contributed by atoms with Crippen molar-refractivity contribution in [1.82, 2.24) is 0 Å². The van der Waals surface area contributed by atoms with Crippen LogP contribution in [0.15, 0.2) is 12.1 Å². The summed E-state index contributed by atoms with van der Waals surface area (Å²) in [7, 11) is 0. The fraction of sp³-hybridized carbons (Fsp3) is 0.400. The Morgan fingerprint density at radius 2 is 1.40 bits per heavy atom. The lowest BCUT2D eigenvalue weighted by Crippen LogP contribution is -2.25. The van der Waals surface area contributed by atoms with E-state index in [1.165, 1.54) is 0 Å². The highest BCUT2D eigenvalue weighted by atomic mass is 19.4. The summed E-state index contributed by atoms with van der Waals surface area (Å²) in [6.07, 6.45) is -14.3. The van der Waals surface area contributed by atoms with Gasteiger partial charge in [-0.1, -0.05) is 0 Å². The Labute approximate surface area is 106 Å². The molecule has 1 atom stereocenters. The highest BCUT2D eigenvalue weighted by Crippen LogP contribution is 2.40. The third-order valence-corrected chi connectivity index (χ3v) is 2.37. The molecular weight excluding hydrogens is 305 g/mol. The van der Waals surface area contributed by atoms with Crippen molar-refractivity contribution < 1.29 is 39.5 Å². The van der Waals surface area contributed by atoms with Crippen LogP contribution in [0.2, 0.25) is 0 Å². The summed E-state index contributed by atoms with van der Waals surface area (Å²) in [4.78, 5) is 0. The molecule has 1 nitrogen and oxygen atoms in total. The molecule has 0 radical (unpaired) electrons. The number of halogens is 9. The molecule has 0 aromatic heterocycles. The van der Waals surface area contributed by atoms with Crippen LogP contribution >= 0.6 is 0 Å². The molecule has 0 heterocycles. The summed E-state index contributed by atoms with van der Waals surface area (Å²) in [5.41, 5.74) is -1.08. The molecule has 0 amide bonds. The number of rotatable bonds is 2. The zero-order chi connectivity index (χ0) is 15.9. The first-order valence-electron chi connectivity index (χ1n) is 4.87. The third-order valence-electron chi connectivity index (χ3n) is 2.37. The molecule has 0 aliphatic rings. The summed E-state index contributed by atoms with van der Waals surface area (Å²) in [5, 5.41) is 0. The van der Waals surface area contributed by atoms with Crippen LogP contribution in [0.25, 0.3) is 0 Å². The molecule has 114 valence electrons. The molecular formula is C10H6F9N. The van der Waals surface area contributed by atoms with Crippen molar-refractivity contribution in [3.63, 3.8) is 0 Å². The van der Waals surface area contributed by atoms with E-state index in [0.717, 1.165) is 0 Å². The predicted octanol–water partition coefficient (Wildman–Crippen LogP) is 4.13. The van der Waals surface area contributed by atoms with Crippen LogP contribution in [0.3, 0.4) is 0 Å². The summed E-state index contributed by atoms with van der Waals surface area (Å²) < 4.78 is 113. The van der Waals surface area contributed by atoms with Gasteiger partial charge in [0.05, 0.1) is 17.2 Å². The van der Waals surface area contributed by atoms with E-state index >= 15 is 0 Å². The van der Waals surface area contributed by atoms with Gasteiger partial charge in [-0.15, -0.1) is 0 Å². The van der Waals surface area contributed by atoms with Crippen molar-refractivity contribution in [2.75, 3.05) is 0 Å². The normalized spacial score (nSPS) is 14.8. The lowest BCUT2D eigenvalue weighted by Gasteiger charge is -2.20.